The molecule has 0 bridgehead atoms. The summed E-state index contributed by atoms with van der Waals surface area (Å²) in [6.45, 7) is 9.39. The van der Waals surface area contributed by atoms with E-state index in [1.807, 2.05) is 0 Å². The molecule has 0 heteroatoms. The second-order valence-corrected chi connectivity index (χ2v) is 32.4. The van der Waals surface area contributed by atoms with Gasteiger partial charge < -0.3 is 0 Å². The molecule has 0 N–H and O–H groups in total. The predicted molar refractivity (Wildman–Crippen MR) is 485 cm³/mol. The Morgan fingerprint density at radius 2 is 0.481 bits per heavy atom. The highest BCUT2D eigenvalue weighted by Gasteiger charge is 2.33. The standard InChI is InChI=1S/C108H136/c1-5-9-13-17-21-25-29-33-37-53-67-89-77-82-100-102(90(89)68-54-38-34-30-26-22-18-14-10-6-2)94(69-55-39-35-31-27-23-19-15-11-7-3)96(70-56-40-36-32-28-24-20-16-12-8-4)106-107-101(104-95-71-57-58-72-97(95)105(104)108(100)106)84-83-99-93(80-75-87-63-49-43-50-64-87)91(78-73-85-59-45-41-46-60-85)92(79-74-86-61-47-42-48-62-86)98(103(99)107)81-76-88-65-51-44-52-66-88/h41-52,57-66,71-84H,5-40,53-56,67-70H2,1-4H3. The first-order valence-electron chi connectivity index (χ1n) is 44.7. The van der Waals surface area contributed by atoms with Crippen molar-refractivity contribution in [2.45, 2.75) is 310 Å². The Bertz CT molecular complexity index is 4420. The summed E-state index contributed by atoms with van der Waals surface area (Å²) in [5.41, 5.74) is 22.3. The van der Waals surface area contributed by atoms with Gasteiger partial charge in [0.1, 0.15) is 0 Å². The van der Waals surface area contributed by atoms with Crippen LogP contribution >= 0.6 is 0 Å². The molecule has 108 heavy (non-hydrogen) atoms. The molecule has 0 saturated carbocycles. The Labute approximate surface area is 656 Å². The number of unbranched alkanes of at least 4 members (excludes halogenated alkanes) is 36. The molecule has 10 aromatic rings. The Hall–Kier alpha value is -7.80. The van der Waals surface area contributed by atoms with Crippen molar-refractivity contribution >= 4 is 91.7 Å². The number of benzene rings is 10. The lowest BCUT2D eigenvalue weighted by atomic mass is 9.70. The number of rotatable bonds is 52. The van der Waals surface area contributed by atoms with Crippen molar-refractivity contribution in [1.29, 1.82) is 0 Å². The molecule has 11 rings (SSSR count). The van der Waals surface area contributed by atoms with E-state index in [2.05, 4.69) is 246 Å². The molecule has 0 aromatic heterocycles. The van der Waals surface area contributed by atoms with Gasteiger partial charge in [-0.05, 0) is 183 Å². The molecule has 0 aliphatic heterocycles. The van der Waals surface area contributed by atoms with Crippen molar-refractivity contribution in [2.24, 2.45) is 0 Å². The average molecular weight is 1430 g/mol. The van der Waals surface area contributed by atoms with Crippen molar-refractivity contribution < 1.29 is 0 Å². The minimum absolute atomic E-state index is 1.09. The second-order valence-electron chi connectivity index (χ2n) is 32.4. The third-order valence-corrected chi connectivity index (χ3v) is 24.1. The Morgan fingerprint density at radius 1 is 0.185 bits per heavy atom. The predicted octanol–water partition coefficient (Wildman–Crippen LogP) is 34.5. The summed E-state index contributed by atoms with van der Waals surface area (Å²) in [6.07, 6.45) is 78.1. The van der Waals surface area contributed by atoms with Gasteiger partial charge in [0.25, 0.3) is 0 Å². The van der Waals surface area contributed by atoms with Gasteiger partial charge in [-0.3, -0.25) is 0 Å². The lowest BCUT2D eigenvalue weighted by Gasteiger charge is -2.32. The Morgan fingerprint density at radius 3 is 0.880 bits per heavy atom. The summed E-state index contributed by atoms with van der Waals surface area (Å²) in [5.74, 6) is 0. The summed E-state index contributed by atoms with van der Waals surface area (Å²) >= 11 is 0. The van der Waals surface area contributed by atoms with Gasteiger partial charge in [0.15, 0.2) is 0 Å². The van der Waals surface area contributed by atoms with Gasteiger partial charge in [-0.25, -0.2) is 0 Å². The fraction of sp³-hybridized carbons (Fsp3) is 0.444. The van der Waals surface area contributed by atoms with Gasteiger partial charge in [-0.2, -0.15) is 0 Å². The molecular weight excluding hydrogens is 1300 g/mol. The molecule has 0 radical (unpaired) electrons. The number of fused-ring (bicyclic) bond motifs is 13. The van der Waals surface area contributed by atoms with E-state index in [0.29, 0.717) is 0 Å². The summed E-state index contributed by atoms with van der Waals surface area (Å²) in [5, 5.41) is 11.8. The molecule has 0 atom stereocenters. The zero-order valence-electron chi connectivity index (χ0n) is 67.9. The molecule has 1 aliphatic rings. The highest BCUT2D eigenvalue weighted by molar-refractivity contribution is 6.39. The minimum Gasteiger partial charge on any atom is -0.0654 e. The Balaban J connectivity index is 1.21. The first-order valence-corrected chi connectivity index (χ1v) is 44.7. The zero-order valence-corrected chi connectivity index (χ0v) is 67.9. The minimum atomic E-state index is 1.09. The van der Waals surface area contributed by atoms with E-state index >= 15 is 0 Å². The van der Waals surface area contributed by atoms with Crippen LogP contribution in [0.2, 0.25) is 0 Å². The van der Waals surface area contributed by atoms with Crippen molar-refractivity contribution in [2.75, 3.05) is 0 Å². The highest BCUT2D eigenvalue weighted by Crippen LogP contribution is 2.59. The first-order chi connectivity index (χ1) is 53.6. The third kappa shape index (κ3) is 22.9. The maximum atomic E-state index is 2.72. The van der Waals surface area contributed by atoms with Crippen molar-refractivity contribution in [3.8, 4) is 22.3 Å². The smallest absolute Gasteiger partial charge is 0.000752 e. The maximum Gasteiger partial charge on any atom is -0.000752 e. The van der Waals surface area contributed by atoms with Crippen molar-refractivity contribution in [3.05, 3.63) is 237 Å². The molecule has 1 aliphatic carbocycles. The lowest BCUT2D eigenvalue weighted by molar-refractivity contribution is 0.553. The van der Waals surface area contributed by atoms with Gasteiger partial charge in [0, 0.05) is 0 Å². The van der Waals surface area contributed by atoms with Gasteiger partial charge >= 0.3 is 0 Å². The van der Waals surface area contributed by atoms with Gasteiger partial charge in [0.05, 0.1) is 0 Å². The van der Waals surface area contributed by atoms with Gasteiger partial charge in [0.2, 0.25) is 0 Å². The van der Waals surface area contributed by atoms with Crippen LogP contribution in [0.15, 0.2) is 170 Å². The lowest BCUT2D eigenvalue weighted by Crippen LogP contribution is -2.09. The topological polar surface area (TPSA) is 0 Å². The van der Waals surface area contributed by atoms with Crippen LogP contribution in [0.1, 0.15) is 351 Å². The van der Waals surface area contributed by atoms with Crippen LogP contribution in [0, 0.1) is 0 Å². The van der Waals surface area contributed by atoms with Crippen LogP contribution < -0.4 is 0 Å². The summed E-state index contributed by atoms with van der Waals surface area (Å²) < 4.78 is 0. The van der Waals surface area contributed by atoms with Crippen LogP contribution in [0.25, 0.3) is 114 Å². The summed E-state index contributed by atoms with van der Waals surface area (Å²) in [6, 6.07) is 64.4. The quantitative estimate of drug-likeness (QED) is 0.0202. The van der Waals surface area contributed by atoms with E-state index in [0.717, 1.165) is 12.8 Å². The van der Waals surface area contributed by atoms with Crippen LogP contribution in [-0.2, 0) is 25.7 Å². The molecule has 0 amide bonds. The molecular formula is C108H136. The number of aryl methyl sites for hydroxylation is 4. The van der Waals surface area contributed by atoms with E-state index in [4.69, 9.17) is 0 Å². The third-order valence-electron chi connectivity index (χ3n) is 24.1. The molecule has 0 fully saturated rings. The SMILES string of the molecule is CCCCCCCCCCCCc1ccc2c(c1CCCCCCCCCCCC)c(CCCCCCCCCCCC)c(CCCCCCCCCCCC)c1c2c2c(c3ccc4c(C=Cc5ccccc5)c(C=Cc5ccccc5)c(C=Cc5ccccc5)c(C=Cc5ccccc5)c4c31)-c1ccccc1-2. The molecule has 0 spiro atoms. The monoisotopic (exact) mass is 1430 g/mol. The van der Waals surface area contributed by atoms with Gasteiger partial charge in [-0.1, -0.05) is 477 Å². The normalized spacial score (nSPS) is 12.3. The first kappa shape index (κ1) is 81.2. The van der Waals surface area contributed by atoms with E-state index in [1.165, 1.54) is 369 Å². The van der Waals surface area contributed by atoms with Crippen LogP contribution in [0.3, 0.4) is 0 Å². The fourth-order valence-corrected chi connectivity index (χ4v) is 18.1. The van der Waals surface area contributed by atoms with E-state index < -0.39 is 0 Å². The summed E-state index contributed by atoms with van der Waals surface area (Å²) in [7, 11) is 0. The molecule has 568 valence electrons. The maximum absolute atomic E-state index is 2.72. The van der Waals surface area contributed by atoms with Crippen molar-refractivity contribution in [1.82, 2.24) is 0 Å². The molecule has 0 unspecified atom stereocenters. The average Bonchev–Trinajstić information content (AvgIpc) is 0.673. The van der Waals surface area contributed by atoms with Crippen molar-refractivity contribution in [3.63, 3.8) is 0 Å². The van der Waals surface area contributed by atoms with E-state index in [9.17, 15) is 0 Å². The van der Waals surface area contributed by atoms with Gasteiger partial charge in [-0.15, -0.1) is 0 Å². The zero-order chi connectivity index (χ0) is 74.4. The number of hydrogen-bond acceptors (Lipinski definition) is 0. The number of hydrogen-bond donors (Lipinski definition) is 0. The molecule has 0 nitrogen and oxygen atoms in total. The highest BCUT2D eigenvalue weighted by atomic mass is 14.4. The van der Waals surface area contributed by atoms with Crippen LogP contribution in [0.5, 0.6) is 0 Å². The second kappa shape index (κ2) is 46.0. The summed E-state index contributed by atoms with van der Waals surface area (Å²) in [4.78, 5) is 0. The largest absolute Gasteiger partial charge is 0.0654 e. The molecule has 0 heterocycles. The molecule has 10 aromatic carbocycles. The van der Waals surface area contributed by atoms with Crippen LogP contribution in [-0.4, -0.2) is 0 Å². The van der Waals surface area contributed by atoms with E-state index in [1.54, 1.807) is 33.0 Å². The van der Waals surface area contributed by atoms with Crippen LogP contribution in [0.4, 0.5) is 0 Å². The van der Waals surface area contributed by atoms with E-state index in [-0.39, 0.29) is 0 Å². The molecule has 0 saturated heterocycles. The Kier molecular flexibility index (Phi) is 34.6. The fourth-order valence-electron chi connectivity index (χ4n) is 18.1.